The van der Waals surface area contributed by atoms with Crippen LogP contribution in [0, 0.1) is 0 Å². The van der Waals surface area contributed by atoms with Gasteiger partial charge in [-0.05, 0) is 24.3 Å². The van der Waals surface area contributed by atoms with E-state index in [1.54, 1.807) is 0 Å². The van der Waals surface area contributed by atoms with Crippen LogP contribution in [0.25, 0.3) is 0 Å². The Balaban J connectivity index is 2.35. The minimum Gasteiger partial charge on any atom is -0.496 e. The molecule has 0 fully saturated rings. The molecule has 0 saturated carbocycles. The van der Waals surface area contributed by atoms with Gasteiger partial charge in [0.2, 0.25) is 0 Å². The van der Waals surface area contributed by atoms with Crippen LogP contribution in [0.2, 0.25) is 0 Å². The molecule has 30 heavy (non-hydrogen) atoms. The van der Waals surface area contributed by atoms with Crippen LogP contribution in [0.4, 0.5) is 26.3 Å². The Labute approximate surface area is 167 Å². The number of methoxy groups -OCH3 is 3. The summed E-state index contributed by atoms with van der Waals surface area (Å²) in [5, 5.41) is 2.29. The first-order valence-electron chi connectivity index (χ1n) is 8.27. The van der Waals surface area contributed by atoms with Gasteiger partial charge in [-0.3, -0.25) is 4.79 Å². The number of alkyl halides is 6. The number of rotatable bonds is 6. The minimum absolute atomic E-state index is 0.0475. The summed E-state index contributed by atoms with van der Waals surface area (Å²) in [5.74, 6) is -0.227. The van der Waals surface area contributed by atoms with Crippen molar-refractivity contribution in [1.29, 1.82) is 0 Å². The normalized spacial score (nSPS) is 11.8. The van der Waals surface area contributed by atoms with E-state index >= 15 is 0 Å². The first-order valence-corrected chi connectivity index (χ1v) is 8.27. The van der Waals surface area contributed by atoms with Gasteiger partial charge in [0.15, 0.2) is 11.5 Å². The molecule has 0 aliphatic heterocycles. The highest BCUT2D eigenvalue weighted by Gasteiger charge is 2.37. The first-order chi connectivity index (χ1) is 13.9. The van der Waals surface area contributed by atoms with E-state index in [0.717, 1.165) is 0 Å². The van der Waals surface area contributed by atoms with E-state index in [-0.39, 0.29) is 18.4 Å². The van der Waals surface area contributed by atoms with Gasteiger partial charge in [-0.1, -0.05) is 0 Å². The topological polar surface area (TPSA) is 56.8 Å². The lowest BCUT2D eigenvalue weighted by molar-refractivity contribution is -0.143. The van der Waals surface area contributed by atoms with Crippen molar-refractivity contribution in [3.8, 4) is 17.2 Å². The predicted molar refractivity (Wildman–Crippen MR) is 93.7 cm³/mol. The Bertz CT molecular complexity index is 892. The van der Waals surface area contributed by atoms with Crippen LogP contribution in [0.15, 0.2) is 30.3 Å². The third-order valence-corrected chi connectivity index (χ3v) is 4.08. The van der Waals surface area contributed by atoms with E-state index in [9.17, 15) is 31.1 Å². The lowest BCUT2D eigenvalue weighted by Crippen LogP contribution is -2.24. The number of ether oxygens (including phenoxy) is 3. The Hall–Kier alpha value is -3.11. The molecule has 164 valence electrons. The number of halogens is 6. The minimum atomic E-state index is -5.05. The van der Waals surface area contributed by atoms with Crippen molar-refractivity contribution in [2.45, 2.75) is 18.9 Å². The van der Waals surface area contributed by atoms with Gasteiger partial charge in [0.25, 0.3) is 5.91 Å². The van der Waals surface area contributed by atoms with Gasteiger partial charge in [-0.15, -0.1) is 0 Å². The zero-order valence-electron chi connectivity index (χ0n) is 16.0. The van der Waals surface area contributed by atoms with Gasteiger partial charge >= 0.3 is 12.4 Å². The molecule has 0 saturated heterocycles. The molecule has 2 rings (SSSR count). The molecule has 11 heteroatoms. The molecule has 0 spiro atoms. The van der Waals surface area contributed by atoms with E-state index in [0.29, 0.717) is 29.2 Å². The van der Waals surface area contributed by atoms with E-state index in [4.69, 9.17) is 14.2 Å². The summed E-state index contributed by atoms with van der Waals surface area (Å²) in [4.78, 5) is 12.3. The summed E-state index contributed by atoms with van der Waals surface area (Å²) in [6.45, 7) is -0.250. The molecule has 2 aromatic carbocycles. The monoisotopic (exact) mass is 437 g/mol. The largest absolute Gasteiger partial charge is 0.496 e. The molecule has 0 aliphatic rings. The summed E-state index contributed by atoms with van der Waals surface area (Å²) in [7, 11) is 4.10. The molecular weight excluding hydrogens is 420 g/mol. The average Bonchev–Trinajstić information content (AvgIpc) is 2.69. The van der Waals surface area contributed by atoms with E-state index in [2.05, 4.69) is 5.32 Å². The second-order valence-corrected chi connectivity index (χ2v) is 6.00. The first kappa shape index (κ1) is 23.2. The molecule has 0 unspecified atom stereocenters. The van der Waals surface area contributed by atoms with Crippen molar-refractivity contribution >= 4 is 5.91 Å². The van der Waals surface area contributed by atoms with Crippen molar-refractivity contribution in [3.05, 3.63) is 52.6 Å². The molecule has 0 atom stereocenters. The highest BCUT2D eigenvalue weighted by Crippen LogP contribution is 2.37. The number of carbonyl (C=O) groups is 1. The fraction of sp³-hybridized carbons (Fsp3) is 0.316. The maximum Gasteiger partial charge on any atom is 0.416 e. The van der Waals surface area contributed by atoms with Crippen LogP contribution in [0.3, 0.4) is 0 Å². The molecule has 0 aromatic heterocycles. The Morgan fingerprint density at radius 2 is 1.23 bits per heavy atom. The molecule has 0 heterocycles. The van der Waals surface area contributed by atoms with E-state index in [1.165, 1.54) is 33.5 Å². The number of benzene rings is 2. The quantitative estimate of drug-likeness (QED) is 0.667. The smallest absolute Gasteiger partial charge is 0.416 e. The second kappa shape index (κ2) is 8.72. The maximum absolute atomic E-state index is 13.0. The van der Waals surface area contributed by atoms with Crippen molar-refractivity contribution in [1.82, 2.24) is 5.32 Å². The molecule has 1 amide bonds. The van der Waals surface area contributed by atoms with Gasteiger partial charge in [-0.2, -0.15) is 26.3 Å². The fourth-order valence-corrected chi connectivity index (χ4v) is 2.59. The van der Waals surface area contributed by atoms with Crippen LogP contribution >= 0.6 is 0 Å². The molecule has 0 bridgehead atoms. The molecule has 0 radical (unpaired) electrons. The van der Waals surface area contributed by atoms with Crippen LogP contribution < -0.4 is 19.5 Å². The van der Waals surface area contributed by atoms with Gasteiger partial charge in [-0.25, -0.2) is 0 Å². The summed E-state index contributed by atoms with van der Waals surface area (Å²) in [6, 6.07) is 3.60. The highest BCUT2D eigenvalue weighted by atomic mass is 19.4. The van der Waals surface area contributed by atoms with Crippen LogP contribution in [-0.4, -0.2) is 27.2 Å². The van der Waals surface area contributed by atoms with Gasteiger partial charge in [0, 0.05) is 23.7 Å². The van der Waals surface area contributed by atoms with E-state index in [1.807, 2.05) is 0 Å². The van der Waals surface area contributed by atoms with Crippen molar-refractivity contribution < 1.29 is 45.3 Å². The molecule has 0 aliphatic carbocycles. The molecule has 2 aromatic rings. The lowest BCUT2D eigenvalue weighted by atomic mass is 10.0. The summed E-state index contributed by atoms with van der Waals surface area (Å²) in [5.41, 5.74) is -3.57. The third-order valence-electron chi connectivity index (χ3n) is 4.08. The maximum atomic E-state index is 13.0. The Morgan fingerprint density at radius 1 is 0.767 bits per heavy atom. The zero-order valence-corrected chi connectivity index (χ0v) is 16.0. The summed E-state index contributed by atoms with van der Waals surface area (Å²) < 4.78 is 93.2. The number of amides is 1. The SMILES string of the molecule is COc1cc(OC)c(OC)cc1CNC(=O)c1cc(C(F)(F)F)cc(C(F)(F)F)c1. The zero-order chi connectivity index (χ0) is 22.7. The van der Waals surface area contributed by atoms with Crippen LogP contribution in [-0.2, 0) is 18.9 Å². The standard InChI is InChI=1S/C19H17F6NO4/c1-28-14-8-16(30-3)15(29-2)6-11(14)9-26-17(27)10-4-12(18(20,21)22)7-13(5-10)19(23,24)25/h4-8H,9H2,1-3H3,(H,26,27). The van der Waals surface area contributed by atoms with Gasteiger partial charge in [0.05, 0.1) is 32.5 Å². The van der Waals surface area contributed by atoms with Gasteiger partial charge in [0.1, 0.15) is 5.75 Å². The molecular formula is C19H17F6NO4. The van der Waals surface area contributed by atoms with Crippen molar-refractivity contribution in [2.24, 2.45) is 0 Å². The molecule has 5 nitrogen and oxygen atoms in total. The number of hydrogen-bond donors (Lipinski definition) is 1. The van der Waals surface area contributed by atoms with Crippen LogP contribution in [0.5, 0.6) is 17.2 Å². The van der Waals surface area contributed by atoms with Crippen LogP contribution in [0.1, 0.15) is 27.0 Å². The van der Waals surface area contributed by atoms with E-state index < -0.39 is 35.0 Å². The molecule has 1 N–H and O–H groups in total. The Morgan fingerprint density at radius 3 is 1.67 bits per heavy atom. The summed E-state index contributed by atoms with van der Waals surface area (Å²) >= 11 is 0. The summed E-state index contributed by atoms with van der Waals surface area (Å²) in [6.07, 6.45) is -10.1. The van der Waals surface area contributed by atoms with Gasteiger partial charge < -0.3 is 19.5 Å². The average molecular weight is 437 g/mol. The number of nitrogens with one attached hydrogen (secondary N) is 1. The Kier molecular flexibility index (Phi) is 6.73. The second-order valence-electron chi connectivity index (χ2n) is 6.00. The van der Waals surface area contributed by atoms with Crippen molar-refractivity contribution in [3.63, 3.8) is 0 Å². The predicted octanol–water partition coefficient (Wildman–Crippen LogP) is 4.68. The highest BCUT2D eigenvalue weighted by molar-refractivity contribution is 5.94. The third kappa shape index (κ3) is 5.28. The number of carbonyl (C=O) groups excluding carboxylic acids is 1. The van der Waals surface area contributed by atoms with Crippen molar-refractivity contribution in [2.75, 3.05) is 21.3 Å². The lowest BCUT2D eigenvalue weighted by Gasteiger charge is -2.16. The fourth-order valence-electron chi connectivity index (χ4n) is 2.59. The number of hydrogen-bond acceptors (Lipinski definition) is 4.